The topological polar surface area (TPSA) is 107 Å². The molecular weight excluding hydrogens is 194 g/mol. The monoisotopic (exact) mass is 209 g/mol. The first-order valence-electron chi connectivity index (χ1n) is 4.55. The van der Waals surface area contributed by atoms with Gasteiger partial charge in [-0.05, 0) is 26.0 Å². The highest BCUT2D eigenvalue weighted by Crippen LogP contribution is 2.15. The average Bonchev–Trinajstić information content (AvgIpc) is 2.06. The number of amides is 1. The van der Waals surface area contributed by atoms with Crippen molar-refractivity contribution in [2.75, 3.05) is 11.1 Å². The Labute approximate surface area is 88.1 Å². The van der Waals surface area contributed by atoms with Gasteiger partial charge >= 0.3 is 0 Å². The predicted molar refractivity (Wildman–Crippen MR) is 58.0 cm³/mol. The molecule has 0 radical (unpaired) electrons. The fourth-order valence-electron chi connectivity index (χ4n) is 1.24. The third-order valence-corrected chi connectivity index (χ3v) is 1.77. The minimum atomic E-state index is -0.448. The SMILES string of the molecule is CC(C)(CC(N)=O)Nc1ccc(N)nn1. The molecular formula is C9H15N5O. The first-order valence-corrected chi connectivity index (χ1v) is 4.55. The van der Waals surface area contributed by atoms with Crippen molar-refractivity contribution in [3.05, 3.63) is 12.1 Å². The van der Waals surface area contributed by atoms with Crippen LogP contribution < -0.4 is 16.8 Å². The molecule has 0 aliphatic heterocycles. The van der Waals surface area contributed by atoms with E-state index in [2.05, 4.69) is 15.5 Å². The van der Waals surface area contributed by atoms with Crippen molar-refractivity contribution in [2.45, 2.75) is 25.8 Å². The zero-order valence-electron chi connectivity index (χ0n) is 8.82. The molecule has 0 spiro atoms. The number of carbonyl (C=O) groups is 1. The van der Waals surface area contributed by atoms with Crippen molar-refractivity contribution in [3.63, 3.8) is 0 Å². The van der Waals surface area contributed by atoms with Crippen LogP contribution in [0, 0.1) is 0 Å². The quantitative estimate of drug-likeness (QED) is 0.653. The van der Waals surface area contributed by atoms with Crippen molar-refractivity contribution in [1.29, 1.82) is 0 Å². The van der Waals surface area contributed by atoms with Gasteiger partial charge in [-0.25, -0.2) is 0 Å². The highest BCUT2D eigenvalue weighted by atomic mass is 16.1. The molecule has 6 heteroatoms. The Balaban J connectivity index is 2.68. The van der Waals surface area contributed by atoms with Crippen molar-refractivity contribution < 1.29 is 4.79 Å². The second-order valence-electron chi connectivity index (χ2n) is 4.00. The summed E-state index contributed by atoms with van der Waals surface area (Å²) in [7, 11) is 0. The number of hydrogen-bond acceptors (Lipinski definition) is 5. The predicted octanol–water partition coefficient (Wildman–Crippen LogP) is 0.125. The van der Waals surface area contributed by atoms with E-state index >= 15 is 0 Å². The number of nitrogens with zero attached hydrogens (tertiary/aromatic N) is 2. The van der Waals surface area contributed by atoms with Crippen LogP contribution >= 0.6 is 0 Å². The maximum atomic E-state index is 10.8. The van der Waals surface area contributed by atoms with Gasteiger partial charge in [-0.2, -0.15) is 0 Å². The zero-order chi connectivity index (χ0) is 11.5. The van der Waals surface area contributed by atoms with E-state index in [0.717, 1.165) is 0 Å². The molecule has 1 rings (SSSR count). The Hall–Kier alpha value is -1.85. The third kappa shape index (κ3) is 3.80. The molecule has 0 saturated heterocycles. The Morgan fingerprint density at radius 2 is 2.13 bits per heavy atom. The summed E-state index contributed by atoms with van der Waals surface area (Å²) in [5.74, 6) is 0.555. The number of hydrogen-bond donors (Lipinski definition) is 3. The van der Waals surface area contributed by atoms with Gasteiger partial charge in [-0.3, -0.25) is 4.79 Å². The molecule has 1 aromatic rings. The van der Waals surface area contributed by atoms with Crippen LogP contribution in [0.5, 0.6) is 0 Å². The zero-order valence-corrected chi connectivity index (χ0v) is 8.82. The number of rotatable bonds is 4. The molecule has 82 valence electrons. The normalized spacial score (nSPS) is 11.1. The molecule has 5 N–H and O–H groups in total. The Bertz CT molecular complexity index is 346. The molecule has 0 aliphatic carbocycles. The van der Waals surface area contributed by atoms with Crippen LogP contribution in [0.1, 0.15) is 20.3 Å². The van der Waals surface area contributed by atoms with Crippen LogP contribution in [0.3, 0.4) is 0 Å². The Morgan fingerprint density at radius 3 is 2.60 bits per heavy atom. The second kappa shape index (κ2) is 4.12. The van der Waals surface area contributed by atoms with Gasteiger partial charge in [0.15, 0.2) is 0 Å². The highest BCUT2D eigenvalue weighted by molar-refractivity contribution is 5.75. The molecule has 1 amide bonds. The van der Waals surface area contributed by atoms with E-state index in [1.807, 2.05) is 13.8 Å². The van der Waals surface area contributed by atoms with E-state index in [-0.39, 0.29) is 12.3 Å². The lowest BCUT2D eigenvalue weighted by Gasteiger charge is -2.24. The minimum absolute atomic E-state index is 0.221. The molecule has 0 unspecified atom stereocenters. The number of nitrogen functional groups attached to an aromatic ring is 1. The summed E-state index contributed by atoms with van der Waals surface area (Å²) in [6, 6.07) is 3.33. The summed E-state index contributed by atoms with van der Waals surface area (Å²) in [6.45, 7) is 3.71. The molecule has 0 saturated carbocycles. The van der Waals surface area contributed by atoms with Crippen LogP contribution in [0.4, 0.5) is 11.6 Å². The van der Waals surface area contributed by atoms with Crippen molar-refractivity contribution in [3.8, 4) is 0 Å². The molecule has 0 bridgehead atoms. The van der Waals surface area contributed by atoms with Gasteiger partial charge in [-0.1, -0.05) is 0 Å². The smallest absolute Gasteiger partial charge is 0.219 e. The van der Waals surface area contributed by atoms with Crippen LogP contribution in [-0.2, 0) is 4.79 Å². The lowest BCUT2D eigenvalue weighted by Crippen LogP contribution is -2.36. The Kier molecular flexibility index (Phi) is 3.08. The first kappa shape index (κ1) is 11.2. The van der Waals surface area contributed by atoms with Crippen LogP contribution in [0.2, 0.25) is 0 Å². The van der Waals surface area contributed by atoms with Crippen LogP contribution in [0.25, 0.3) is 0 Å². The van der Waals surface area contributed by atoms with Gasteiger partial charge < -0.3 is 16.8 Å². The summed E-state index contributed by atoms with van der Waals surface area (Å²) in [4.78, 5) is 10.8. The van der Waals surface area contributed by atoms with Crippen molar-refractivity contribution in [2.24, 2.45) is 5.73 Å². The van der Waals surface area contributed by atoms with Gasteiger partial charge in [0.2, 0.25) is 5.91 Å². The second-order valence-corrected chi connectivity index (χ2v) is 4.00. The van der Waals surface area contributed by atoms with E-state index in [4.69, 9.17) is 11.5 Å². The van der Waals surface area contributed by atoms with E-state index in [0.29, 0.717) is 11.6 Å². The fourth-order valence-corrected chi connectivity index (χ4v) is 1.24. The van der Waals surface area contributed by atoms with Crippen molar-refractivity contribution in [1.82, 2.24) is 10.2 Å². The summed E-state index contributed by atoms with van der Waals surface area (Å²) >= 11 is 0. The minimum Gasteiger partial charge on any atom is -0.382 e. The largest absolute Gasteiger partial charge is 0.382 e. The lowest BCUT2D eigenvalue weighted by molar-refractivity contribution is -0.118. The van der Waals surface area contributed by atoms with E-state index in [9.17, 15) is 4.79 Å². The number of nitrogens with two attached hydrogens (primary N) is 2. The number of aromatic nitrogens is 2. The molecule has 0 atom stereocenters. The molecule has 0 aliphatic rings. The summed E-state index contributed by atoms with van der Waals surface area (Å²) < 4.78 is 0. The maximum Gasteiger partial charge on any atom is 0.219 e. The number of primary amides is 1. The fraction of sp³-hybridized carbons (Fsp3) is 0.444. The average molecular weight is 209 g/mol. The molecule has 6 nitrogen and oxygen atoms in total. The molecule has 0 aromatic carbocycles. The van der Waals surface area contributed by atoms with E-state index in [1.54, 1.807) is 12.1 Å². The standard InChI is InChI=1S/C9H15N5O/c1-9(2,5-7(11)15)12-8-4-3-6(10)13-14-8/h3-4H,5H2,1-2H3,(H2,10,13)(H2,11,15)(H,12,14). The van der Waals surface area contributed by atoms with Crippen molar-refractivity contribution >= 4 is 17.5 Å². The maximum absolute atomic E-state index is 10.8. The highest BCUT2D eigenvalue weighted by Gasteiger charge is 2.20. The summed E-state index contributed by atoms with van der Waals surface area (Å²) in [5.41, 5.74) is 10.1. The first-order chi connectivity index (χ1) is 6.89. The van der Waals surface area contributed by atoms with Gasteiger partial charge in [0.1, 0.15) is 11.6 Å². The lowest BCUT2D eigenvalue weighted by atomic mass is 10.0. The molecule has 15 heavy (non-hydrogen) atoms. The Morgan fingerprint density at radius 1 is 1.47 bits per heavy atom. The van der Waals surface area contributed by atoms with Crippen LogP contribution in [0.15, 0.2) is 12.1 Å². The van der Waals surface area contributed by atoms with Gasteiger partial charge in [0.05, 0.1) is 0 Å². The van der Waals surface area contributed by atoms with Gasteiger partial charge in [0, 0.05) is 12.0 Å². The number of nitrogens with one attached hydrogen (secondary N) is 1. The van der Waals surface area contributed by atoms with Crippen LogP contribution in [-0.4, -0.2) is 21.6 Å². The molecule has 1 heterocycles. The summed E-state index contributed by atoms with van der Waals surface area (Å²) in [5, 5.41) is 10.6. The van der Waals surface area contributed by atoms with E-state index in [1.165, 1.54) is 0 Å². The van der Waals surface area contributed by atoms with Gasteiger partial charge in [-0.15, -0.1) is 10.2 Å². The number of carbonyl (C=O) groups excluding carboxylic acids is 1. The molecule has 0 fully saturated rings. The summed E-state index contributed by atoms with van der Waals surface area (Å²) in [6.07, 6.45) is 0.221. The third-order valence-electron chi connectivity index (χ3n) is 1.77. The van der Waals surface area contributed by atoms with E-state index < -0.39 is 5.54 Å². The number of anilines is 2. The van der Waals surface area contributed by atoms with Gasteiger partial charge in [0.25, 0.3) is 0 Å². The molecule has 1 aromatic heterocycles.